The van der Waals surface area contributed by atoms with Crippen LogP contribution in [0.25, 0.3) is 0 Å². The lowest BCUT2D eigenvalue weighted by Gasteiger charge is -2.28. The fourth-order valence-electron chi connectivity index (χ4n) is 1.16. The van der Waals surface area contributed by atoms with Gasteiger partial charge in [-0.1, -0.05) is 37.0 Å². The van der Waals surface area contributed by atoms with Crippen LogP contribution >= 0.6 is 0 Å². The minimum Gasteiger partial charge on any atom is -0.304 e. The van der Waals surface area contributed by atoms with Crippen molar-refractivity contribution in [3.8, 4) is 0 Å². The fourth-order valence-corrected chi connectivity index (χ4v) is 1.16. The molecule has 0 unspecified atom stereocenters. The van der Waals surface area contributed by atoms with Gasteiger partial charge in [0.1, 0.15) is 0 Å². The first-order chi connectivity index (χ1) is 7.20. The Morgan fingerprint density at radius 3 is 1.67 bits per heavy atom. The second-order valence-corrected chi connectivity index (χ2v) is 3.75. The Bertz CT molecular complexity index is 189. The molecule has 1 fully saturated rings. The lowest BCUT2D eigenvalue weighted by Crippen LogP contribution is -2.42. The summed E-state index contributed by atoms with van der Waals surface area (Å²) < 4.78 is 0. The van der Waals surface area contributed by atoms with E-state index in [4.69, 9.17) is 0 Å². The zero-order chi connectivity index (χ0) is 11.5. The number of rotatable bonds is 2. The standard InChI is InChI=1S/C7H10.C6H14N2/c1-3-5-7-6-4-2;1-7-3-5-8(2)6-4-7/h3-7H,1H2,2H3;3-6H2,1-2H3/b6-4-,7-5-;. The first kappa shape index (κ1) is 14.1. The summed E-state index contributed by atoms with van der Waals surface area (Å²) in [5.41, 5.74) is 0. The van der Waals surface area contributed by atoms with Gasteiger partial charge in [-0.3, -0.25) is 0 Å². The number of hydrogen-bond donors (Lipinski definition) is 0. The van der Waals surface area contributed by atoms with E-state index < -0.39 is 0 Å². The van der Waals surface area contributed by atoms with Crippen LogP contribution in [0.1, 0.15) is 6.92 Å². The fraction of sp³-hybridized carbons (Fsp3) is 0.538. The molecule has 0 N–H and O–H groups in total. The summed E-state index contributed by atoms with van der Waals surface area (Å²) in [7, 11) is 4.35. The van der Waals surface area contributed by atoms with Gasteiger partial charge in [-0.25, -0.2) is 0 Å². The Morgan fingerprint density at radius 1 is 0.867 bits per heavy atom. The first-order valence-corrected chi connectivity index (χ1v) is 5.48. The van der Waals surface area contributed by atoms with Crippen LogP contribution in [0.3, 0.4) is 0 Å². The van der Waals surface area contributed by atoms with Crippen molar-refractivity contribution in [2.75, 3.05) is 40.3 Å². The molecule has 0 saturated carbocycles. The molecule has 2 heteroatoms. The number of nitrogens with zero attached hydrogens (tertiary/aromatic N) is 2. The SMILES string of the molecule is C=C/C=C\C=C/C.CN1CCN(C)CC1. The van der Waals surface area contributed by atoms with Gasteiger partial charge in [0.2, 0.25) is 0 Å². The molecular weight excluding hydrogens is 184 g/mol. The summed E-state index contributed by atoms with van der Waals surface area (Å²) in [6.45, 7) is 10.4. The summed E-state index contributed by atoms with van der Waals surface area (Å²) in [6, 6.07) is 0. The Morgan fingerprint density at radius 2 is 1.33 bits per heavy atom. The van der Waals surface area contributed by atoms with Crippen molar-refractivity contribution in [2.45, 2.75) is 6.92 Å². The summed E-state index contributed by atoms with van der Waals surface area (Å²) in [6.07, 6.45) is 9.51. The molecule has 0 atom stereocenters. The number of hydrogen-bond acceptors (Lipinski definition) is 2. The highest BCUT2D eigenvalue weighted by Gasteiger charge is 2.07. The highest BCUT2D eigenvalue weighted by atomic mass is 15.2. The van der Waals surface area contributed by atoms with Crippen LogP contribution in [0.15, 0.2) is 37.0 Å². The van der Waals surface area contributed by atoms with Crippen LogP contribution in [0.2, 0.25) is 0 Å². The molecule has 0 radical (unpaired) electrons. The number of piperazine rings is 1. The van der Waals surface area contributed by atoms with Crippen LogP contribution < -0.4 is 0 Å². The molecule has 0 aromatic carbocycles. The maximum Gasteiger partial charge on any atom is 0.0107 e. The first-order valence-electron chi connectivity index (χ1n) is 5.48. The minimum atomic E-state index is 1.23. The monoisotopic (exact) mass is 208 g/mol. The van der Waals surface area contributed by atoms with Gasteiger partial charge in [0.15, 0.2) is 0 Å². The molecule has 0 spiro atoms. The second kappa shape index (κ2) is 9.69. The lowest BCUT2D eigenvalue weighted by molar-refractivity contribution is 0.181. The van der Waals surface area contributed by atoms with Crippen LogP contribution in [-0.4, -0.2) is 50.1 Å². The molecule has 1 saturated heterocycles. The maximum absolute atomic E-state index is 3.51. The van der Waals surface area contributed by atoms with Crippen molar-refractivity contribution < 1.29 is 0 Å². The van der Waals surface area contributed by atoms with E-state index in [-0.39, 0.29) is 0 Å². The smallest absolute Gasteiger partial charge is 0.0107 e. The normalized spacial score (nSPS) is 19.1. The summed E-state index contributed by atoms with van der Waals surface area (Å²) in [5, 5.41) is 0. The molecule has 0 aromatic heterocycles. The van der Waals surface area contributed by atoms with Crippen LogP contribution in [0.5, 0.6) is 0 Å². The third-order valence-corrected chi connectivity index (χ3v) is 2.28. The topological polar surface area (TPSA) is 6.48 Å². The van der Waals surface area contributed by atoms with Crippen LogP contribution in [-0.2, 0) is 0 Å². The molecule has 1 heterocycles. The Balaban J connectivity index is 0.000000265. The van der Waals surface area contributed by atoms with E-state index >= 15 is 0 Å². The highest BCUT2D eigenvalue weighted by Crippen LogP contribution is 1.93. The molecule has 0 bridgehead atoms. The molecule has 86 valence electrons. The predicted molar refractivity (Wildman–Crippen MR) is 69.1 cm³/mol. The summed E-state index contributed by atoms with van der Waals surface area (Å²) in [5.74, 6) is 0. The molecule has 0 amide bonds. The summed E-state index contributed by atoms with van der Waals surface area (Å²) >= 11 is 0. The largest absolute Gasteiger partial charge is 0.304 e. The zero-order valence-electron chi connectivity index (χ0n) is 10.3. The maximum atomic E-state index is 3.51. The zero-order valence-corrected chi connectivity index (χ0v) is 10.3. The molecule has 0 aliphatic carbocycles. The van der Waals surface area contributed by atoms with Gasteiger partial charge in [-0.15, -0.1) is 0 Å². The Hall–Kier alpha value is -0.860. The third kappa shape index (κ3) is 9.44. The van der Waals surface area contributed by atoms with Gasteiger partial charge >= 0.3 is 0 Å². The average Bonchev–Trinajstić information content (AvgIpc) is 2.24. The molecular formula is C13H24N2. The van der Waals surface area contributed by atoms with Gasteiger partial charge in [0, 0.05) is 26.2 Å². The van der Waals surface area contributed by atoms with Gasteiger partial charge in [-0.05, 0) is 21.0 Å². The number of likely N-dealkylation sites (N-methyl/N-ethyl adjacent to an activating group) is 2. The van der Waals surface area contributed by atoms with Crippen LogP contribution in [0, 0.1) is 0 Å². The van der Waals surface area contributed by atoms with Crippen molar-refractivity contribution >= 4 is 0 Å². The molecule has 1 aliphatic heterocycles. The van der Waals surface area contributed by atoms with Crippen molar-refractivity contribution in [2.24, 2.45) is 0 Å². The highest BCUT2D eigenvalue weighted by molar-refractivity contribution is 5.07. The molecule has 1 rings (SSSR count). The van der Waals surface area contributed by atoms with Crippen molar-refractivity contribution in [1.82, 2.24) is 9.80 Å². The van der Waals surface area contributed by atoms with Gasteiger partial charge in [-0.2, -0.15) is 0 Å². The molecule has 2 nitrogen and oxygen atoms in total. The number of allylic oxidation sites excluding steroid dienone is 5. The van der Waals surface area contributed by atoms with E-state index in [9.17, 15) is 0 Å². The molecule has 1 aliphatic rings. The Labute approximate surface area is 94.6 Å². The van der Waals surface area contributed by atoms with E-state index in [2.05, 4.69) is 30.5 Å². The molecule has 0 aromatic rings. The van der Waals surface area contributed by atoms with Crippen molar-refractivity contribution in [3.63, 3.8) is 0 Å². The van der Waals surface area contributed by atoms with Crippen molar-refractivity contribution in [3.05, 3.63) is 37.0 Å². The van der Waals surface area contributed by atoms with Crippen LogP contribution in [0.4, 0.5) is 0 Å². The van der Waals surface area contributed by atoms with E-state index in [1.165, 1.54) is 26.2 Å². The second-order valence-electron chi connectivity index (χ2n) is 3.75. The predicted octanol–water partition coefficient (Wildman–Crippen LogP) is 2.17. The van der Waals surface area contributed by atoms with Gasteiger partial charge in [0.25, 0.3) is 0 Å². The van der Waals surface area contributed by atoms with E-state index in [1.807, 2.05) is 31.2 Å². The van der Waals surface area contributed by atoms with Gasteiger partial charge in [0.05, 0.1) is 0 Å². The van der Waals surface area contributed by atoms with E-state index in [0.29, 0.717) is 0 Å². The van der Waals surface area contributed by atoms with Gasteiger partial charge < -0.3 is 9.80 Å². The van der Waals surface area contributed by atoms with E-state index in [0.717, 1.165) is 0 Å². The third-order valence-electron chi connectivity index (χ3n) is 2.28. The minimum absolute atomic E-state index is 1.23. The summed E-state index contributed by atoms with van der Waals surface area (Å²) in [4.78, 5) is 4.72. The Kier molecular flexibility index (Phi) is 9.13. The van der Waals surface area contributed by atoms with E-state index in [1.54, 1.807) is 6.08 Å². The average molecular weight is 208 g/mol. The molecule has 15 heavy (non-hydrogen) atoms. The quantitative estimate of drug-likeness (QED) is 0.642. The van der Waals surface area contributed by atoms with Crippen molar-refractivity contribution in [1.29, 1.82) is 0 Å². The lowest BCUT2D eigenvalue weighted by atomic mass is 10.4.